The lowest BCUT2D eigenvalue weighted by molar-refractivity contribution is -0.0500. The van der Waals surface area contributed by atoms with E-state index in [1.807, 2.05) is 13.8 Å². The minimum Gasteiger partial charge on any atom is -0.376 e. The highest BCUT2D eigenvalue weighted by molar-refractivity contribution is 7.88. The summed E-state index contributed by atoms with van der Waals surface area (Å²) < 4.78 is 64.5. The van der Waals surface area contributed by atoms with Gasteiger partial charge in [0.05, 0.1) is 0 Å². The van der Waals surface area contributed by atoms with Crippen molar-refractivity contribution in [2.75, 3.05) is 7.05 Å². The summed E-state index contributed by atoms with van der Waals surface area (Å²) in [6, 6.07) is 5.23. The number of hydrogen-bond acceptors (Lipinski definition) is 4. The Morgan fingerprint density at radius 2 is 1.84 bits per heavy atom. The van der Waals surface area contributed by atoms with Crippen molar-refractivity contribution in [2.45, 2.75) is 62.5 Å². The largest absolute Gasteiger partial charge is 0.534 e. The second-order valence-electron chi connectivity index (χ2n) is 7.57. The summed E-state index contributed by atoms with van der Waals surface area (Å²) in [7, 11) is -3.59. The van der Waals surface area contributed by atoms with Crippen LogP contribution in [0.4, 0.5) is 13.2 Å². The lowest BCUT2D eigenvalue weighted by atomic mass is 9.70. The Labute approximate surface area is 146 Å². The van der Waals surface area contributed by atoms with Crippen LogP contribution in [0.15, 0.2) is 18.2 Å². The van der Waals surface area contributed by atoms with Gasteiger partial charge in [0.1, 0.15) is 5.75 Å². The first-order valence-electron chi connectivity index (χ1n) is 8.29. The van der Waals surface area contributed by atoms with Crippen molar-refractivity contribution in [3.8, 4) is 5.75 Å². The maximum absolute atomic E-state index is 12.6. The molecular weight excluding hydrogens is 355 g/mol. The lowest BCUT2D eigenvalue weighted by Crippen LogP contribution is -2.35. The van der Waals surface area contributed by atoms with Crippen molar-refractivity contribution in [2.24, 2.45) is 0 Å². The predicted molar refractivity (Wildman–Crippen MR) is 87.8 cm³/mol. The molecule has 3 rings (SSSR count). The lowest BCUT2D eigenvalue weighted by Gasteiger charge is -2.41. The van der Waals surface area contributed by atoms with Crippen molar-refractivity contribution in [1.82, 2.24) is 4.90 Å². The van der Waals surface area contributed by atoms with Gasteiger partial charge in [-0.05, 0) is 61.4 Å². The molecule has 1 saturated carbocycles. The molecule has 8 heteroatoms. The average molecular weight is 377 g/mol. The van der Waals surface area contributed by atoms with Gasteiger partial charge in [-0.3, -0.25) is 4.90 Å². The number of fused-ring (bicyclic) bond motifs is 1. The van der Waals surface area contributed by atoms with Gasteiger partial charge in [-0.25, -0.2) is 0 Å². The normalized spacial score (nSPS) is 23.4. The van der Waals surface area contributed by atoms with Crippen LogP contribution in [-0.2, 0) is 15.5 Å². The highest BCUT2D eigenvalue weighted by atomic mass is 32.2. The Hall–Kier alpha value is -1.28. The van der Waals surface area contributed by atoms with E-state index in [1.54, 1.807) is 6.07 Å². The van der Waals surface area contributed by atoms with Gasteiger partial charge in [-0.15, -0.1) is 0 Å². The third-order valence-electron chi connectivity index (χ3n) is 5.26. The van der Waals surface area contributed by atoms with Gasteiger partial charge < -0.3 is 4.18 Å². The zero-order chi connectivity index (χ0) is 18.6. The minimum absolute atomic E-state index is 0.198. The SMILES string of the molecule is CN(C1CC1)C1CCC(C)(C)c2cc(OS(=O)(=O)C(F)(F)F)ccc21. The van der Waals surface area contributed by atoms with Crippen molar-refractivity contribution < 1.29 is 25.8 Å². The molecule has 25 heavy (non-hydrogen) atoms. The highest BCUT2D eigenvalue weighted by Crippen LogP contribution is 2.47. The van der Waals surface area contributed by atoms with E-state index < -0.39 is 15.6 Å². The van der Waals surface area contributed by atoms with Crippen LogP contribution in [0.1, 0.15) is 56.7 Å². The summed E-state index contributed by atoms with van der Waals surface area (Å²) in [5.41, 5.74) is -3.79. The maximum Gasteiger partial charge on any atom is 0.534 e. The van der Waals surface area contributed by atoms with Crippen LogP contribution in [-0.4, -0.2) is 31.9 Å². The van der Waals surface area contributed by atoms with Crippen molar-refractivity contribution in [3.05, 3.63) is 29.3 Å². The second kappa shape index (κ2) is 5.87. The molecule has 0 aromatic heterocycles. The molecule has 0 amide bonds. The summed E-state index contributed by atoms with van der Waals surface area (Å²) in [5, 5.41) is 0. The van der Waals surface area contributed by atoms with E-state index >= 15 is 0 Å². The smallest absolute Gasteiger partial charge is 0.376 e. The number of hydrogen-bond donors (Lipinski definition) is 0. The molecule has 0 N–H and O–H groups in total. The summed E-state index contributed by atoms with van der Waals surface area (Å²) in [6.45, 7) is 4.03. The molecular formula is C17H22F3NO3S. The first-order valence-corrected chi connectivity index (χ1v) is 9.70. The molecule has 1 fully saturated rings. The zero-order valence-electron chi connectivity index (χ0n) is 14.4. The Bertz CT molecular complexity index is 770. The van der Waals surface area contributed by atoms with Crippen LogP contribution in [0.5, 0.6) is 5.75 Å². The van der Waals surface area contributed by atoms with Crippen LogP contribution in [0.25, 0.3) is 0 Å². The van der Waals surface area contributed by atoms with Gasteiger partial charge in [0.25, 0.3) is 0 Å². The average Bonchev–Trinajstić information content (AvgIpc) is 3.30. The van der Waals surface area contributed by atoms with Crippen LogP contribution in [0.3, 0.4) is 0 Å². The van der Waals surface area contributed by atoms with Gasteiger partial charge in [0, 0.05) is 12.1 Å². The molecule has 0 radical (unpaired) electrons. The number of rotatable bonds is 4. The van der Waals surface area contributed by atoms with Gasteiger partial charge in [-0.1, -0.05) is 19.9 Å². The third-order valence-corrected chi connectivity index (χ3v) is 6.24. The standard InChI is InChI=1S/C17H22F3NO3S/c1-16(2)9-8-15(21(3)11-4-5-11)13-7-6-12(10-14(13)16)24-25(22,23)17(18,19)20/h6-7,10-11,15H,4-5,8-9H2,1-3H3. The number of benzene rings is 1. The molecule has 140 valence electrons. The molecule has 4 nitrogen and oxygen atoms in total. The molecule has 0 aliphatic heterocycles. The van der Waals surface area contributed by atoms with E-state index in [1.165, 1.54) is 12.1 Å². The van der Waals surface area contributed by atoms with Gasteiger partial charge in [0.2, 0.25) is 0 Å². The van der Waals surface area contributed by atoms with E-state index in [2.05, 4.69) is 16.1 Å². The number of nitrogens with zero attached hydrogens (tertiary/aromatic N) is 1. The van der Waals surface area contributed by atoms with E-state index in [0.717, 1.165) is 36.8 Å². The fourth-order valence-corrected chi connectivity index (χ4v) is 4.04. The van der Waals surface area contributed by atoms with E-state index in [4.69, 9.17) is 0 Å². The molecule has 0 saturated heterocycles. The van der Waals surface area contributed by atoms with Crippen molar-refractivity contribution in [1.29, 1.82) is 0 Å². The Morgan fingerprint density at radius 3 is 2.40 bits per heavy atom. The topological polar surface area (TPSA) is 46.6 Å². The zero-order valence-corrected chi connectivity index (χ0v) is 15.2. The van der Waals surface area contributed by atoms with Crippen LogP contribution in [0.2, 0.25) is 0 Å². The molecule has 0 spiro atoms. The van der Waals surface area contributed by atoms with Crippen molar-refractivity contribution in [3.63, 3.8) is 0 Å². The highest BCUT2D eigenvalue weighted by Gasteiger charge is 2.49. The molecule has 2 aliphatic rings. The Morgan fingerprint density at radius 1 is 1.20 bits per heavy atom. The quantitative estimate of drug-likeness (QED) is 0.585. The molecule has 0 heterocycles. The first kappa shape index (κ1) is 18.5. The maximum atomic E-state index is 12.6. The molecule has 0 bridgehead atoms. The molecule has 2 aliphatic carbocycles. The fourth-order valence-electron chi connectivity index (χ4n) is 3.58. The van der Waals surface area contributed by atoms with Crippen LogP contribution in [0, 0.1) is 0 Å². The molecule has 1 aromatic carbocycles. The summed E-state index contributed by atoms with van der Waals surface area (Å²) in [6.07, 6.45) is 4.17. The Kier molecular flexibility index (Phi) is 4.35. The van der Waals surface area contributed by atoms with Gasteiger partial charge in [0.15, 0.2) is 0 Å². The summed E-state index contributed by atoms with van der Waals surface area (Å²) in [4.78, 5) is 2.32. The molecule has 1 atom stereocenters. The molecule has 1 aromatic rings. The minimum atomic E-state index is -5.66. The van der Waals surface area contributed by atoms with E-state index in [-0.39, 0.29) is 17.2 Å². The fraction of sp³-hybridized carbons (Fsp3) is 0.647. The van der Waals surface area contributed by atoms with Crippen LogP contribution >= 0.6 is 0 Å². The van der Waals surface area contributed by atoms with Gasteiger partial charge >= 0.3 is 15.6 Å². The van der Waals surface area contributed by atoms with E-state index in [0.29, 0.717) is 6.04 Å². The predicted octanol–water partition coefficient (Wildman–Crippen LogP) is 4.12. The second-order valence-corrected chi connectivity index (χ2v) is 9.11. The monoisotopic (exact) mass is 377 g/mol. The summed E-state index contributed by atoms with van der Waals surface area (Å²) >= 11 is 0. The molecule has 1 unspecified atom stereocenters. The summed E-state index contributed by atoms with van der Waals surface area (Å²) in [5.74, 6) is -0.293. The van der Waals surface area contributed by atoms with Crippen LogP contribution < -0.4 is 4.18 Å². The van der Waals surface area contributed by atoms with Crippen molar-refractivity contribution >= 4 is 10.1 Å². The number of halogens is 3. The van der Waals surface area contributed by atoms with E-state index in [9.17, 15) is 21.6 Å². The van der Waals surface area contributed by atoms with Gasteiger partial charge in [-0.2, -0.15) is 21.6 Å². The third kappa shape index (κ3) is 3.51. The first-order chi connectivity index (χ1) is 11.4. The number of alkyl halides is 3. The Balaban J connectivity index is 1.96.